The van der Waals surface area contributed by atoms with Crippen LogP contribution in [0.4, 0.5) is 0 Å². The molecule has 3 aromatic rings. The maximum atomic E-state index is 13.0. The molecular weight excluding hydrogens is 342 g/mol. The fourth-order valence-electron chi connectivity index (χ4n) is 2.36. The molecule has 3 rings (SSSR count). The van der Waals surface area contributed by atoms with Crippen LogP contribution in [0.2, 0.25) is 5.02 Å². The van der Waals surface area contributed by atoms with Gasteiger partial charge in [-0.1, -0.05) is 41.6 Å². The summed E-state index contributed by atoms with van der Waals surface area (Å²) < 4.78 is 1.68. The van der Waals surface area contributed by atoms with Crippen molar-refractivity contribution in [3.8, 4) is 5.69 Å². The summed E-state index contributed by atoms with van der Waals surface area (Å²) in [4.78, 5) is 19.8. The Morgan fingerprint density at radius 2 is 1.92 bits per heavy atom. The van der Waals surface area contributed by atoms with E-state index in [-0.39, 0.29) is 5.56 Å². The van der Waals surface area contributed by atoms with Crippen molar-refractivity contribution in [3.05, 3.63) is 63.9 Å². The first-order valence-electron chi connectivity index (χ1n) is 7.61. The molecule has 0 N–H and O–H groups in total. The van der Waals surface area contributed by atoms with Gasteiger partial charge in [0.2, 0.25) is 0 Å². The third-order valence-electron chi connectivity index (χ3n) is 3.58. The lowest BCUT2D eigenvalue weighted by atomic mass is 10.2. The molecule has 0 fully saturated rings. The number of para-hydroxylation sites is 1. The van der Waals surface area contributed by atoms with Crippen molar-refractivity contribution in [2.75, 3.05) is 26.4 Å². The average molecular weight is 360 g/mol. The summed E-state index contributed by atoms with van der Waals surface area (Å²) in [6.45, 7) is 0.906. The predicted molar refractivity (Wildman–Crippen MR) is 102 cm³/mol. The third kappa shape index (κ3) is 3.64. The summed E-state index contributed by atoms with van der Waals surface area (Å²) >= 11 is 7.64. The number of thioether (sulfide) groups is 1. The Morgan fingerprint density at radius 1 is 1.17 bits per heavy atom. The fourth-order valence-corrected chi connectivity index (χ4v) is 3.65. The number of aromatic nitrogens is 2. The van der Waals surface area contributed by atoms with Gasteiger partial charge in [-0.3, -0.25) is 9.36 Å². The Bertz CT molecular complexity index is 909. The standard InChI is InChI=1S/C18H18ClN3OS/c1-21(2)10-11-24-18-20-16-12-13(19)8-9-15(16)17(23)22(18)14-6-4-3-5-7-14/h3-9,12H,10-11H2,1-2H3. The van der Waals surface area contributed by atoms with Crippen molar-refractivity contribution < 1.29 is 0 Å². The van der Waals surface area contributed by atoms with E-state index in [0.717, 1.165) is 18.0 Å². The van der Waals surface area contributed by atoms with Gasteiger partial charge in [0, 0.05) is 17.3 Å². The lowest BCUT2D eigenvalue weighted by molar-refractivity contribution is 0.437. The second-order valence-electron chi connectivity index (χ2n) is 5.68. The molecule has 0 amide bonds. The molecule has 2 aromatic carbocycles. The Morgan fingerprint density at radius 3 is 2.62 bits per heavy atom. The van der Waals surface area contributed by atoms with Gasteiger partial charge in [-0.15, -0.1) is 0 Å². The number of rotatable bonds is 5. The molecule has 0 saturated carbocycles. The van der Waals surface area contributed by atoms with Crippen LogP contribution in [-0.2, 0) is 0 Å². The quantitative estimate of drug-likeness (QED) is 0.514. The smallest absolute Gasteiger partial charge is 0.266 e. The van der Waals surface area contributed by atoms with E-state index >= 15 is 0 Å². The van der Waals surface area contributed by atoms with Crippen LogP contribution in [0.25, 0.3) is 16.6 Å². The Labute approximate surface area is 150 Å². The van der Waals surface area contributed by atoms with Crippen LogP contribution in [0, 0.1) is 0 Å². The molecule has 0 aliphatic heterocycles. The fraction of sp³-hybridized carbons (Fsp3) is 0.222. The van der Waals surface area contributed by atoms with E-state index in [1.165, 1.54) is 0 Å². The zero-order valence-electron chi connectivity index (χ0n) is 13.6. The monoisotopic (exact) mass is 359 g/mol. The Balaban J connectivity index is 2.16. The highest BCUT2D eigenvalue weighted by Crippen LogP contribution is 2.22. The highest BCUT2D eigenvalue weighted by Gasteiger charge is 2.13. The van der Waals surface area contributed by atoms with Crippen LogP contribution < -0.4 is 5.56 Å². The van der Waals surface area contributed by atoms with Crippen LogP contribution in [-0.4, -0.2) is 40.8 Å². The molecule has 0 unspecified atom stereocenters. The maximum absolute atomic E-state index is 13.0. The minimum Gasteiger partial charge on any atom is -0.309 e. The second-order valence-corrected chi connectivity index (χ2v) is 7.18. The molecule has 0 atom stereocenters. The lowest BCUT2D eigenvalue weighted by Crippen LogP contribution is -2.22. The summed E-state index contributed by atoms with van der Waals surface area (Å²) in [5.74, 6) is 0.846. The number of hydrogen-bond acceptors (Lipinski definition) is 4. The van der Waals surface area contributed by atoms with Crippen molar-refractivity contribution in [3.63, 3.8) is 0 Å². The molecule has 1 aromatic heterocycles. The lowest BCUT2D eigenvalue weighted by Gasteiger charge is -2.14. The Hall–Kier alpha value is -1.82. The first-order valence-corrected chi connectivity index (χ1v) is 8.98. The summed E-state index contributed by atoms with van der Waals surface area (Å²) in [6, 6.07) is 14.8. The molecular formula is C18H18ClN3OS. The summed E-state index contributed by atoms with van der Waals surface area (Å²) in [5, 5.41) is 1.83. The van der Waals surface area contributed by atoms with Crippen LogP contribution in [0.1, 0.15) is 0 Å². The van der Waals surface area contributed by atoms with Gasteiger partial charge in [0.15, 0.2) is 5.16 Å². The molecule has 0 radical (unpaired) electrons. The van der Waals surface area contributed by atoms with Crippen LogP contribution in [0.15, 0.2) is 58.5 Å². The van der Waals surface area contributed by atoms with Gasteiger partial charge in [0.1, 0.15) is 0 Å². The van der Waals surface area contributed by atoms with Gasteiger partial charge in [-0.25, -0.2) is 4.98 Å². The van der Waals surface area contributed by atoms with Crippen molar-refractivity contribution in [2.24, 2.45) is 0 Å². The maximum Gasteiger partial charge on any atom is 0.266 e. The number of benzene rings is 2. The molecule has 1 heterocycles. The second kappa shape index (κ2) is 7.38. The van der Waals surface area contributed by atoms with Crippen molar-refractivity contribution >= 4 is 34.3 Å². The number of nitrogens with zero attached hydrogens (tertiary/aromatic N) is 3. The zero-order valence-corrected chi connectivity index (χ0v) is 15.1. The molecule has 6 heteroatoms. The summed E-state index contributed by atoms with van der Waals surface area (Å²) in [7, 11) is 4.05. The third-order valence-corrected chi connectivity index (χ3v) is 4.74. The van der Waals surface area contributed by atoms with Crippen molar-refractivity contribution in [2.45, 2.75) is 5.16 Å². The highest BCUT2D eigenvalue weighted by atomic mass is 35.5. The van der Waals surface area contributed by atoms with E-state index in [1.807, 2.05) is 44.4 Å². The van der Waals surface area contributed by atoms with Gasteiger partial charge in [-0.05, 0) is 44.4 Å². The van der Waals surface area contributed by atoms with E-state index < -0.39 is 0 Å². The molecule has 4 nitrogen and oxygen atoms in total. The summed E-state index contributed by atoms with van der Waals surface area (Å²) in [6.07, 6.45) is 0. The zero-order chi connectivity index (χ0) is 17.1. The summed E-state index contributed by atoms with van der Waals surface area (Å²) in [5.41, 5.74) is 1.38. The minimum atomic E-state index is -0.0739. The van der Waals surface area contributed by atoms with E-state index in [2.05, 4.69) is 4.90 Å². The molecule has 0 aliphatic rings. The molecule has 124 valence electrons. The number of fused-ring (bicyclic) bond motifs is 1. The van der Waals surface area contributed by atoms with Crippen molar-refractivity contribution in [1.29, 1.82) is 0 Å². The number of hydrogen-bond donors (Lipinski definition) is 0. The highest BCUT2D eigenvalue weighted by molar-refractivity contribution is 7.99. The van der Waals surface area contributed by atoms with Gasteiger partial charge >= 0.3 is 0 Å². The molecule has 0 aliphatic carbocycles. The van der Waals surface area contributed by atoms with E-state index in [4.69, 9.17) is 16.6 Å². The molecule has 0 bridgehead atoms. The molecule has 0 spiro atoms. The largest absolute Gasteiger partial charge is 0.309 e. The molecule has 24 heavy (non-hydrogen) atoms. The van der Waals surface area contributed by atoms with E-state index in [1.54, 1.807) is 34.5 Å². The van der Waals surface area contributed by atoms with Gasteiger partial charge in [0.25, 0.3) is 5.56 Å². The minimum absolute atomic E-state index is 0.0739. The normalized spacial score (nSPS) is 11.3. The first-order chi connectivity index (χ1) is 11.6. The SMILES string of the molecule is CN(C)CCSc1nc2cc(Cl)ccc2c(=O)n1-c1ccccc1. The van der Waals surface area contributed by atoms with Gasteiger partial charge < -0.3 is 4.90 Å². The van der Waals surface area contributed by atoms with Gasteiger partial charge in [0.05, 0.1) is 16.6 Å². The topological polar surface area (TPSA) is 38.1 Å². The van der Waals surface area contributed by atoms with Crippen molar-refractivity contribution in [1.82, 2.24) is 14.5 Å². The Kier molecular flexibility index (Phi) is 5.23. The van der Waals surface area contributed by atoms with Gasteiger partial charge in [-0.2, -0.15) is 0 Å². The van der Waals surface area contributed by atoms with Crippen LogP contribution in [0.5, 0.6) is 0 Å². The predicted octanol–water partition coefficient (Wildman–Crippen LogP) is 3.69. The van der Waals surface area contributed by atoms with E-state index in [9.17, 15) is 4.79 Å². The number of halogens is 1. The molecule has 0 saturated heterocycles. The van der Waals surface area contributed by atoms with E-state index in [0.29, 0.717) is 21.1 Å². The average Bonchev–Trinajstić information content (AvgIpc) is 2.55. The van der Waals surface area contributed by atoms with Crippen LogP contribution in [0.3, 0.4) is 0 Å². The first kappa shape index (κ1) is 17.0. The van der Waals surface area contributed by atoms with Crippen LogP contribution >= 0.6 is 23.4 Å².